The van der Waals surface area contributed by atoms with Crippen LogP contribution in [0.3, 0.4) is 0 Å². The third-order valence-corrected chi connectivity index (χ3v) is 8.09. The molecule has 1 atom stereocenters. The van der Waals surface area contributed by atoms with Gasteiger partial charge in [0, 0.05) is 17.1 Å². The van der Waals surface area contributed by atoms with Gasteiger partial charge in [0.15, 0.2) is 5.75 Å². The second-order valence-corrected chi connectivity index (χ2v) is 11.0. The summed E-state index contributed by atoms with van der Waals surface area (Å²) >= 11 is 6.78. The molecule has 7 nitrogen and oxygen atoms in total. The van der Waals surface area contributed by atoms with Crippen molar-refractivity contribution in [1.82, 2.24) is 4.98 Å². The first kappa shape index (κ1) is 23.5. The van der Waals surface area contributed by atoms with E-state index in [1.54, 1.807) is 54.6 Å². The summed E-state index contributed by atoms with van der Waals surface area (Å²) in [6.07, 6.45) is 1.47. The molecule has 0 saturated heterocycles. The molecule has 0 unspecified atom stereocenters. The summed E-state index contributed by atoms with van der Waals surface area (Å²) in [5.74, 6) is -0.351. The third-order valence-electron chi connectivity index (χ3n) is 5.10. The molecule has 0 radical (unpaired) electrons. The number of nitrogens with one attached hydrogen (secondary N) is 1. The monoisotopic (exact) mass is 592 g/mol. The van der Waals surface area contributed by atoms with Crippen molar-refractivity contribution in [1.29, 1.82) is 0 Å². The molecule has 1 aromatic heterocycles. The molecule has 1 heterocycles. The van der Waals surface area contributed by atoms with Crippen molar-refractivity contribution in [3.05, 3.63) is 80.9 Å². The van der Waals surface area contributed by atoms with E-state index in [4.69, 9.17) is 15.6 Å². The van der Waals surface area contributed by atoms with Gasteiger partial charge in [0.2, 0.25) is 9.84 Å². The van der Waals surface area contributed by atoms with Gasteiger partial charge < -0.3 is 20.6 Å². The summed E-state index contributed by atoms with van der Waals surface area (Å²) in [6, 6.07) is 13.7. The molecule has 0 spiro atoms. The highest BCUT2D eigenvalue weighted by Crippen LogP contribution is 2.40. The van der Waals surface area contributed by atoms with Crippen LogP contribution in [0.1, 0.15) is 17.2 Å². The molecule has 4 rings (SSSR count). The number of rotatable bonds is 6. The number of hydrogen-bond donors (Lipinski definition) is 3. The molecule has 0 aliphatic heterocycles. The lowest BCUT2D eigenvalue weighted by atomic mass is 10.1. The van der Waals surface area contributed by atoms with Crippen molar-refractivity contribution in [2.75, 3.05) is 0 Å². The van der Waals surface area contributed by atoms with Crippen LogP contribution in [0.4, 0.5) is 0 Å². The third kappa shape index (κ3) is 4.56. The number of carboxylic acids is 1. The Labute approximate surface area is 206 Å². The highest BCUT2D eigenvalue weighted by Gasteiger charge is 2.23. The molecule has 0 bridgehead atoms. The van der Waals surface area contributed by atoms with Crippen LogP contribution in [-0.4, -0.2) is 24.5 Å². The molecule has 4 N–H and O–H groups in total. The van der Waals surface area contributed by atoms with Gasteiger partial charge in [-0.05, 0) is 86.8 Å². The number of H-pyrrole nitrogens is 1. The van der Waals surface area contributed by atoms with Crippen LogP contribution in [0.25, 0.3) is 10.9 Å². The Morgan fingerprint density at radius 3 is 2.30 bits per heavy atom. The number of sulfone groups is 1. The van der Waals surface area contributed by atoms with Crippen LogP contribution in [-0.2, 0) is 14.6 Å². The number of aromatic amines is 1. The van der Waals surface area contributed by atoms with Crippen LogP contribution in [0, 0.1) is 6.92 Å². The van der Waals surface area contributed by atoms with Crippen molar-refractivity contribution in [2.45, 2.75) is 22.8 Å². The molecule has 0 saturated carbocycles. The first-order valence-electron chi connectivity index (χ1n) is 9.66. The summed E-state index contributed by atoms with van der Waals surface area (Å²) < 4.78 is 33.4. The van der Waals surface area contributed by atoms with E-state index in [1.807, 2.05) is 6.92 Å². The van der Waals surface area contributed by atoms with Gasteiger partial charge in [-0.1, -0.05) is 17.7 Å². The molecule has 33 heavy (non-hydrogen) atoms. The first-order valence-corrected chi connectivity index (χ1v) is 12.7. The fraction of sp³-hybridized carbons (Fsp3) is 0.0870. The van der Waals surface area contributed by atoms with Gasteiger partial charge in [-0.25, -0.2) is 8.42 Å². The summed E-state index contributed by atoms with van der Waals surface area (Å²) in [4.78, 5) is 14.5. The van der Waals surface area contributed by atoms with Crippen molar-refractivity contribution in [3.8, 4) is 11.5 Å². The van der Waals surface area contributed by atoms with E-state index >= 15 is 0 Å². The maximum Gasteiger partial charge on any atom is 0.325 e. The molecule has 170 valence electrons. The number of ether oxygens (including phenoxy) is 1. The molecule has 4 aromatic rings. The number of carbonyl (C=O) groups is 1. The predicted molar refractivity (Wildman–Crippen MR) is 131 cm³/mol. The number of hydrogen-bond acceptors (Lipinski definition) is 5. The number of aryl methyl sites for hydroxylation is 1. The van der Waals surface area contributed by atoms with Gasteiger partial charge in [-0.2, -0.15) is 0 Å². The quantitative estimate of drug-likeness (QED) is 0.263. The Balaban J connectivity index is 1.73. The predicted octanol–water partition coefficient (Wildman–Crippen LogP) is 5.71. The summed E-state index contributed by atoms with van der Waals surface area (Å²) in [7, 11) is -3.74. The Bertz CT molecular complexity index is 1460. The Kier molecular flexibility index (Phi) is 6.37. The second-order valence-electron chi connectivity index (χ2n) is 7.41. The normalized spacial score (nSPS) is 12.6. The number of fused-ring (bicyclic) bond motifs is 1. The van der Waals surface area contributed by atoms with E-state index in [0.29, 0.717) is 36.9 Å². The van der Waals surface area contributed by atoms with E-state index in [1.165, 1.54) is 6.20 Å². The van der Waals surface area contributed by atoms with E-state index in [-0.39, 0.29) is 9.79 Å². The molecular formula is C23H18Br2N2O5S. The molecule has 10 heteroatoms. The molecular weight excluding hydrogens is 576 g/mol. The molecule has 0 fully saturated rings. The molecule has 0 aliphatic carbocycles. The molecule has 3 aromatic carbocycles. The summed E-state index contributed by atoms with van der Waals surface area (Å²) in [5, 5.41) is 9.64. The van der Waals surface area contributed by atoms with Crippen LogP contribution < -0.4 is 10.5 Å². The maximum absolute atomic E-state index is 13.2. The number of benzene rings is 3. The second kappa shape index (κ2) is 8.94. The van der Waals surface area contributed by atoms with Crippen LogP contribution in [0.15, 0.2) is 79.5 Å². The zero-order valence-corrected chi connectivity index (χ0v) is 21.2. The van der Waals surface area contributed by atoms with Gasteiger partial charge in [0.05, 0.1) is 18.7 Å². The van der Waals surface area contributed by atoms with Gasteiger partial charge in [-0.15, -0.1) is 0 Å². The van der Waals surface area contributed by atoms with Gasteiger partial charge in [-0.3, -0.25) is 4.79 Å². The average Bonchev–Trinajstić information content (AvgIpc) is 3.20. The van der Waals surface area contributed by atoms with E-state index < -0.39 is 21.8 Å². The lowest BCUT2D eigenvalue weighted by molar-refractivity contribution is -0.138. The Morgan fingerprint density at radius 2 is 1.70 bits per heavy atom. The zero-order valence-electron chi connectivity index (χ0n) is 17.2. The number of aliphatic carboxylic acids is 1. The fourth-order valence-electron chi connectivity index (χ4n) is 3.32. The minimum absolute atomic E-state index is 0.146. The summed E-state index contributed by atoms with van der Waals surface area (Å²) in [5.41, 5.74) is 7.70. The lowest BCUT2D eigenvalue weighted by Crippen LogP contribution is -2.20. The topological polar surface area (TPSA) is 122 Å². The van der Waals surface area contributed by atoms with Crippen LogP contribution >= 0.6 is 31.9 Å². The highest BCUT2D eigenvalue weighted by molar-refractivity contribution is 9.11. The largest absolute Gasteiger partial charge is 0.480 e. The number of nitrogens with two attached hydrogens (primary N) is 1. The van der Waals surface area contributed by atoms with Crippen molar-refractivity contribution in [3.63, 3.8) is 0 Å². The molecule has 0 amide bonds. The summed E-state index contributed by atoms with van der Waals surface area (Å²) in [6.45, 7) is 1.89. The first-order chi connectivity index (χ1) is 15.6. The van der Waals surface area contributed by atoms with Crippen LogP contribution in [0.2, 0.25) is 0 Å². The Hall–Kier alpha value is -2.66. The average molecular weight is 594 g/mol. The van der Waals surface area contributed by atoms with Crippen molar-refractivity contribution >= 4 is 58.6 Å². The zero-order chi connectivity index (χ0) is 23.9. The van der Waals surface area contributed by atoms with E-state index in [2.05, 4.69) is 36.8 Å². The highest BCUT2D eigenvalue weighted by atomic mass is 79.9. The maximum atomic E-state index is 13.2. The smallest absolute Gasteiger partial charge is 0.325 e. The number of halogens is 2. The fourth-order valence-corrected chi connectivity index (χ4v) is 6.13. The minimum atomic E-state index is -3.74. The number of carboxylic acid groups (broad SMARTS) is 1. The standard InChI is InChI=1S/C23H18Br2N2O5S/c1-12-2-5-15(6-3-12)33(30,31)20-11-27-19-7-4-14(10-16(19)20)32-22-17(24)8-13(9-18(22)25)21(26)23(28)29/h2-11,21,27H,26H2,1H3,(H,28,29)/t21-/m0/s1. The lowest BCUT2D eigenvalue weighted by Gasteiger charge is -2.14. The minimum Gasteiger partial charge on any atom is -0.480 e. The van der Waals surface area contributed by atoms with Crippen molar-refractivity contribution < 1.29 is 23.1 Å². The van der Waals surface area contributed by atoms with Crippen molar-refractivity contribution in [2.24, 2.45) is 5.73 Å². The Morgan fingerprint density at radius 1 is 1.06 bits per heavy atom. The number of aromatic nitrogens is 1. The van der Waals surface area contributed by atoms with E-state index in [0.717, 1.165) is 5.56 Å². The molecule has 0 aliphatic rings. The SMILES string of the molecule is Cc1ccc(S(=O)(=O)c2c[nH]c3ccc(Oc4c(Br)cc([C@H](N)C(=O)O)cc4Br)cc23)cc1. The van der Waals surface area contributed by atoms with Crippen LogP contribution in [0.5, 0.6) is 11.5 Å². The van der Waals surface area contributed by atoms with Gasteiger partial charge in [0.25, 0.3) is 0 Å². The van der Waals surface area contributed by atoms with Gasteiger partial charge in [0.1, 0.15) is 11.8 Å². The van der Waals surface area contributed by atoms with Gasteiger partial charge >= 0.3 is 5.97 Å². The van der Waals surface area contributed by atoms with E-state index in [9.17, 15) is 13.2 Å².